The van der Waals surface area contributed by atoms with E-state index in [1.807, 2.05) is 0 Å². The largest absolute Gasteiger partial charge is 0.495 e. The van der Waals surface area contributed by atoms with E-state index in [4.69, 9.17) is 18.9 Å². The van der Waals surface area contributed by atoms with Gasteiger partial charge in [-0.2, -0.15) is 0 Å². The lowest BCUT2D eigenvalue weighted by Gasteiger charge is -2.18. The van der Waals surface area contributed by atoms with Gasteiger partial charge in [-0.05, 0) is 48.0 Å². The quantitative estimate of drug-likeness (QED) is 0.313. The first-order valence-corrected chi connectivity index (χ1v) is 10.6. The maximum Gasteiger partial charge on any atom is 0.261 e. The number of nitrogens with one attached hydrogen (secondary N) is 2. The molecule has 0 spiro atoms. The highest BCUT2D eigenvalue weighted by molar-refractivity contribution is 6.29. The average molecular weight is 460 g/mol. The summed E-state index contributed by atoms with van der Waals surface area (Å²) in [5, 5.41) is 5.52. The Balaban J connectivity index is 1.68. The van der Waals surface area contributed by atoms with E-state index in [0.717, 1.165) is 0 Å². The van der Waals surface area contributed by atoms with Gasteiger partial charge in [-0.25, -0.2) is 0 Å². The molecule has 0 unspecified atom stereocenters. The number of ether oxygens (including phenoxy) is 4. The fourth-order valence-corrected chi connectivity index (χ4v) is 3.43. The second-order valence-electron chi connectivity index (χ2n) is 7.27. The molecule has 1 aliphatic heterocycles. The minimum atomic E-state index is -0.605. The Kier molecular flexibility index (Phi) is 6.98. The second kappa shape index (κ2) is 10.4. The van der Waals surface area contributed by atoms with Gasteiger partial charge in [-0.1, -0.05) is 30.3 Å². The van der Waals surface area contributed by atoms with Crippen molar-refractivity contribution in [2.75, 3.05) is 38.1 Å². The Labute approximate surface area is 197 Å². The van der Waals surface area contributed by atoms with E-state index in [0.29, 0.717) is 53.2 Å². The van der Waals surface area contributed by atoms with E-state index >= 15 is 0 Å². The lowest BCUT2D eigenvalue weighted by molar-refractivity contribution is -0.118. The minimum Gasteiger partial charge on any atom is -0.495 e. The molecule has 0 aromatic heterocycles. The maximum absolute atomic E-state index is 13.3. The molecule has 1 heterocycles. The molecule has 174 valence electrons. The third-order valence-electron chi connectivity index (χ3n) is 5.08. The van der Waals surface area contributed by atoms with Crippen molar-refractivity contribution in [1.29, 1.82) is 0 Å². The van der Waals surface area contributed by atoms with E-state index in [-0.39, 0.29) is 5.57 Å². The molecule has 3 aromatic rings. The molecule has 0 bridgehead atoms. The van der Waals surface area contributed by atoms with Crippen LogP contribution in [-0.4, -0.2) is 39.2 Å². The van der Waals surface area contributed by atoms with Crippen LogP contribution < -0.4 is 29.6 Å². The fraction of sp³-hybridized carbons (Fsp3) is 0.154. The van der Waals surface area contributed by atoms with Gasteiger partial charge in [0, 0.05) is 0 Å². The van der Waals surface area contributed by atoms with Gasteiger partial charge in [0.2, 0.25) is 0 Å². The summed E-state index contributed by atoms with van der Waals surface area (Å²) in [5.74, 6) is 0.898. The normalized spacial score (nSPS) is 11.7. The Hall–Kier alpha value is -4.46. The smallest absolute Gasteiger partial charge is 0.261 e. The third kappa shape index (κ3) is 5.12. The summed E-state index contributed by atoms with van der Waals surface area (Å²) in [6.07, 6.45) is 1.49. The number of anilines is 2. The fourth-order valence-electron chi connectivity index (χ4n) is 3.43. The number of carbonyl (C=O) groups is 2. The van der Waals surface area contributed by atoms with Crippen molar-refractivity contribution < 1.29 is 28.5 Å². The highest BCUT2D eigenvalue weighted by Gasteiger charge is 2.22. The number of fused-ring (bicyclic) bond motifs is 1. The number of rotatable bonds is 7. The summed E-state index contributed by atoms with van der Waals surface area (Å²) in [4.78, 5) is 26.6. The molecule has 34 heavy (non-hydrogen) atoms. The van der Waals surface area contributed by atoms with Crippen molar-refractivity contribution in [3.63, 3.8) is 0 Å². The number of methoxy groups -OCH3 is 2. The van der Waals surface area contributed by atoms with Gasteiger partial charge >= 0.3 is 0 Å². The van der Waals surface area contributed by atoms with E-state index in [1.165, 1.54) is 20.3 Å². The second-order valence-corrected chi connectivity index (χ2v) is 7.27. The molecule has 0 aliphatic carbocycles. The first-order chi connectivity index (χ1) is 16.6. The van der Waals surface area contributed by atoms with E-state index in [9.17, 15) is 9.59 Å². The predicted molar refractivity (Wildman–Crippen MR) is 129 cm³/mol. The molecular formula is C26H24N2O6. The molecule has 0 fully saturated rings. The van der Waals surface area contributed by atoms with Crippen molar-refractivity contribution in [3.8, 4) is 23.0 Å². The number of hydrogen-bond donors (Lipinski definition) is 2. The summed E-state index contributed by atoms with van der Waals surface area (Å²) in [5.41, 5.74) is 1.36. The average Bonchev–Trinajstić information content (AvgIpc) is 2.87. The van der Waals surface area contributed by atoms with Crippen LogP contribution >= 0.6 is 0 Å². The van der Waals surface area contributed by atoms with Crippen LogP contribution in [0.1, 0.15) is 5.56 Å². The summed E-state index contributed by atoms with van der Waals surface area (Å²) in [7, 11) is 3.01. The van der Waals surface area contributed by atoms with Crippen LogP contribution in [0.25, 0.3) is 6.08 Å². The monoisotopic (exact) mass is 460 g/mol. The Morgan fingerprint density at radius 3 is 1.85 bits per heavy atom. The highest BCUT2D eigenvalue weighted by Crippen LogP contribution is 2.32. The Morgan fingerprint density at radius 1 is 0.765 bits per heavy atom. The molecule has 0 saturated heterocycles. The van der Waals surface area contributed by atoms with Crippen LogP contribution in [0.5, 0.6) is 23.0 Å². The maximum atomic E-state index is 13.3. The van der Waals surface area contributed by atoms with Gasteiger partial charge in [0.25, 0.3) is 11.8 Å². The number of para-hydroxylation sites is 4. The first kappa shape index (κ1) is 22.7. The van der Waals surface area contributed by atoms with Gasteiger partial charge < -0.3 is 29.6 Å². The third-order valence-corrected chi connectivity index (χ3v) is 5.08. The van der Waals surface area contributed by atoms with Crippen LogP contribution in [0.3, 0.4) is 0 Å². The molecule has 8 heteroatoms. The zero-order chi connectivity index (χ0) is 23.9. The van der Waals surface area contributed by atoms with Gasteiger partial charge in [0.05, 0.1) is 25.6 Å². The summed E-state index contributed by atoms with van der Waals surface area (Å²) in [6, 6.07) is 19.1. The van der Waals surface area contributed by atoms with Crippen LogP contribution in [-0.2, 0) is 9.59 Å². The summed E-state index contributed by atoms with van der Waals surface area (Å²) < 4.78 is 21.8. The van der Waals surface area contributed by atoms with E-state index in [1.54, 1.807) is 66.7 Å². The Bertz CT molecular complexity index is 1170. The SMILES string of the molecule is COc1ccccc1NC(=O)C(=Cc1ccc2c(c1)OCCO2)C(=O)Nc1ccccc1OC. The molecule has 2 amide bonds. The molecule has 2 N–H and O–H groups in total. The summed E-state index contributed by atoms with van der Waals surface area (Å²) >= 11 is 0. The lowest BCUT2D eigenvalue weighted by atomic mass is 10.1. The van der Waals surface area contributed by atoms with E-state index in [2.05, 4.69) is 10.6 Å². The molecule has 1 aliphatic rings. The van der Waals surface area contributed by atoms with Crippen molar-refractivity contribution in [1.82, 2.24) is 0 Å². The Morgan fingerprint density at radius 2 is 1.29 bits per heavy atom. The summed E-state index contributed by atoms with van der Waals surface area (Å²) in [6.45, 7) is 0.895. The number of benzene rings is 3. The van der Waals surface area contributed by atoms with Gasteiger partial charge in [-0.15, -0.1) is 0 Å². The van der Waals surface area contributed by atoms with E-state index < -0.39 is 11.8 Å². The van der Waals surface area contributed by atoms with Crippen LogP contribution in [0.4, 0.5) is 11.4 Å². The minimum absolute atomic E-state index is 0.117. The molecule has 3 aromatic carbocycles. The molecule has 0 atom stereocenters. The molecule has 8 nitrogen and oxygen atoms in total. The molecule has 0 saturated carbocycles. The van der Waals surface area contributed by atoms with Crippen LogP contribution in [0, 0.1) is 0 Å². The van der Waals surface area contributed by atoms with Gasteiger partial charge in [0.1, 0.15) is 30.3 Å². The van der Waals surface area contributed by atoms with Gasteiger partial charge in [0.15, 0.2) is 11.5 Å². The van der Waals surface area contributed by atoms with Crippen LogP contribution in [0.15, 0.2) is 72.3 Å². The highest BCUT2D eigenvalue weighted by atomic mass is 16.6. The standard InChI is InChI=1S/C26H24N2O6/c1-31-21-9-5-3-7-19(21)27-25(29)18(26(30)28-20-8-4-6-10-22(20)32-2)15-17-11-12-23-24(16-17)34-14-13-33-23/h3-12,15-16H,13-14H2,1-2H3,(H,27,29)(H,28,30). The first-order valence-electron chi connectivity index (χ1n) is 10.6. The topological polar surface area (TPSA) is 95.1 Å². The van der Waals surface area contributed by atoms with Crippen molar-refractivity contribution in [3.05, 3.63) is 77.9 Å². The zero-order valence-electron chi connectivity index (χ0n) is 18.8. The lowest BCUT2D eigenvalue weighted by Crippen LogP contribution is -2.25. The van der Waals surface area contributed by atoms with Crippen LogP contribution in [0.2, 0.25) is 0 Å². The molecular weight excluding hydrogens is 436 g/mol. The molecule has 0 radical (unpaired) electrons. The predicted octanol–water partition coefficient (Wildman–Crippen LogP) is 4.14. The number of hydrogen-bond acceptors (Lipinski definition) is 6. The van der Waals surface area contributed by atoms with Gasteiger partial charge in [-0.3, -0.25) is 9.59 Å². The van der Waals surface area contributed by atoms with Crippen molar-refractivity contribution in [2.45, 2.75) is 0 Å². The number of carbonyl (C=O) groups excluding carboxylic acids is 2. The van der Waals surface area contributed by atoms with Crippen molar-refractivity contribution >= 4 is 29.3 Å². The zero-order valence-corrected chi connectivity index (χ0v) is 18.8. The molecule has 4 rings (SSSR count). The van der Waals surface area contributed by atoms with Crippen molar-refractivity contribution in [2.24, 2.45) is 0 Å². The number of amides is 2.